The summed E-state index contributed by atoms with van der Waals surface area (Å²) in [7, 11) is 0. The number of hydrogen-bond donors (Lipinski definition) is 2. The van der Waals surface area contributed by atoms with Gasteiger partial charge in [-0.3, -0.25) is 4.79 Å². The van der Waals surface area contributed by atoms with Crippen LogP contribution in [-0.4, -0.2) is 19.0 Å². The first kappa shape index (κ1) is 13.5. The molecule has 2 N–H and O–H groups in total. The van der Waals surface area contributed by atoms with Crippen LogP contribution in [0.1, 0.15) is 18.9 Å². The minimum Gasteiger partial charge on any atom is -0.375 e. The van der Waals surface area contributed by atoms with Crippen LogP contribution < -0.4 is 10.6 Å². The topological polar surface area (TPSA) is 64.9 Å². The molecule has 0 aliphatic heterocycles. The molecule has 0 saturated carbocycles. The maximum atomic E-state index is 11.4. The quantitative estimate of drug-likeness (QED) is 0.876. The highest BCUT2D eigenvalue weighted by Crippen LogP contribution is 2.23. The van der Waals surface area contributed by atoms with Crippen LogP contribution >= 0.6 is 15.9 Å². The van der Waals surface area contributed by atoms with E-state index >= 15 is 0 Å². The third-order valence-corrected chi connectivity index (χ3v) is 2.80. The van der Waals surface area contributed by atoms with Crippen molar-refractivity contribution in [3.05, 3.63) is 28.2 Å². The molecule has 1 aromatic rings. The van der Waals surface area contributed by atoms with Gasteiger partial charge in [0.15, 0.2) is 0 Å². The average molecular weight is 296 g/mol. The average Bonchev–Trinajstić information content (AvgIpc) is 2.33. The monoisotopic (exact) mass is 295 g/mol. The highest BCUT2D eigenvalue weighted by Gasteiger charge is 2.06. The van der Waals surface area contributed by atoms with Crippen LogP contribution in [0.25, 0.3) is 0 Å². The fourth-order valence-electron chi connectivity index (χ4n) is 1.29. The van der Waals surface area contributed by atoms with Crippen molar-refractivity contribution in [2.24, 2.45) is 0 Å². The SMILES string of the molecule is CCCNC(=O)CNc1cccc(Br)c1C#N. The summed E-state index contributed by atoms with van der Waals surface area (Å²) in [6, 6.07) is 7.47. The predicted octanol–water partition coefficient (Wildman–Crippen LogP) is 2.26. The van der Waals surface area contributed by atoms with E-state index in [-0.39, 0.29) is 12.5 Å². The van der Waals surface area contributed by atoms with Gasteiger partial charge in [0.2, 0.25) is 5.91 Å². The van der Waals surface area contributed by atoms with Crippen LogP contribution in [0, 0.1) is 11.3 Å². The van der Waals surface area contributed by atoms with E-state index in [1.54, 1.807) is 12.1 Å². The fourth-order valence-corrected chi connectivity index (χ4v) is 1.74. The second kappa shape index (κ2) is 6.92. The van der Waals surface area contributed by atoms with Crippen LogP contribution in [0.3, 0.4) is 0 Å². The zero-order valence-corrected chi connectivity index (χ0v) is 11.2. The molecule has 1 amide bonds. The number of carbonyl (C=O) groups excluding carboxylic acids is 1. The molecule has 0 saturated heterocycles. The van der Waals surface area contributed by atoms with E-state index in [1.165, 1.54) is 0 Å². The van der Waals surface area contributed by atoms with Crippen molar-refractivity contribution >= 4 is 27.5 Å². The number of anilines is 1. The Kier molecular flexibility index (Phi) is 5.50. The Morgan fingerprint density at radius 2 is 2.29 bits per heavy atom. The summed E-state index contributed by atoms with van der Waals surface area (Å²) < 4.78 is 0.721. The lowest BCUT2D eigenvalue weighted by Crippen LogP contribution is -2.30. The second-order valence-corrected chi connectivity index (χ2v) is 4.33. The molecule has 0 spiro atoms. The summed E-state index contributed by atoms with van der Waals surface area (Å²) in [5.41, 5.74) is 1.17. The fraction of sp³-hybridized carbons (Fsp3) is 0.333. The summed E-state index contributed by atoms with van der Waals surface area (Å²) in [5.74, 6) is -0.0734. The largest absolute Gasteiger partial charge is 0.375 e. The van der Waals surface area contributed by atoms with Crippen LogP contribution in [0.5, 0.6) is 0 Å². The lowest BCUT2D eigenvalue weighted by atomic mass is 10.2. The summed E-state index contributed by atoms with van der Waals surface area (Å²) >= 11 is 3.29. The molecule has 0 radical (unpaired) electrons. The molecule has 0 unspecified atom stereocenters. The Morgan fingerprint density at radius 1 is 1.53 bits per heavy atom. The summed E-state index contributed by atoms with van der Waals surface area (Å²) in [6.45, 7) is 2.84. The van der Waals surface area contributed by atoms with E-state index in [2.05, 4.69) is 32.6 Å². The van der Waals surface area contributed by atoms with Gasteiger partial charge in [-0.1, -0.05) is 13.0 Å². The van der Waals surface area contributed by atoms with Crippen molar-refractivity contribution in [3.8, 4) is 6.07 Å². The van der Waals surface area contributed by atoms with Gasteiger partial charge in [-0.25, -0.2) is 0 Å². The molecular formula is C12H14BrN3O. The van der Waals surface area contributed by atoms with Gasteiger partial charge in [0.25, 0.3) is 0 Å². The minimum absolute atomic E-state index is 0.0734. The minimum atomic E-state index is -0.0734. The first-order valence-electron chi connectivity index (χ1n) is 5.38. The molecular weight excluding hydrogens is 282 g/mol. The van der Waals surface area contributed by atoms with E-state index < -0.39 is 0 Å². The van der Waals surface area contributed by atoms with Gasteiger partial charge in [0.05, 0.1) is 17.8 Å². The number of nitrogens with zero attached hydrogens (tertiary/aromatic N) is 1. The third kappa shape index (κ3) is 4.08. The van der Waals surface area contributed by atoms with Crippen molar-refractivity contribution in [1.82, 2.24) is 5.32 Å². The maximum absolute atomic E-state index is 11.4. The molecule has 90 valence electrons. The van der Waals surface area contributed by atoms with Gasteiger partial charge in [0, 0.05) is 11.0 Å². The molecule has 0 heterocycles. The normalized spacial score (nSPS) is 9.47. The van der Waals surface area contributed by atoms with E-state index in [9.17, 15) is 4.79 Å². The zero-order valence-electron chi connectivity index (χ0n) is 9.59. The number of carbonyl (C=O) groups is 1. The van der Waals surface area contributed by atoms with Gasteiger partial charge < -0.3 is 10.6 Å². The molecule has 1 aromatic carbocycles. The van der Waals surface area contributed by atoms with Crippen molar-refractivity contribution in [1.29, 1.82) is 5.26 Å². The molecule has 0 aromatic heterocycles. The Balaban J connectivity index is 2.61. The van der Waals surface area contributed by atoms with Crippen LogP contribution in [0.15, 0.2) is 22.7 Å². The third-order valence-electron chi connectivity index (χ3n) is 2.14. The summed E-state index contributed by atoms with van der Waals surface area (Å²) in [6.07, 6.45) is 0.909. The molecule has 4 nitrogen and oxygen atoms in total. The van der Waals surface area contributed by atoms with Crippen molar-refractivity contribution in [3.63, 3.8) is 0 Å². The smallest absolute Gasteiger partial charge is 0.239 e. The van der Waals surface area contributed by atoms with Gasteiger partial charge in [-0.15, -0.1) is 0 Å². The number of amides is 1. The predicted molar refractivity (Wildman–Crippen MR) is 70.6 cm³/mol. The number of nitrogens with one attached hydrogen (secondary N) is 2. The molecule has 0 atom stereocenters. The highest BCUT2D eigenvalue weighted by molar-refractivity contribution is 9.10. The van der Waals surface area contributed by atoms with E-state index in [1.807, 2.05) is 13.0 Å². The number of nitriles is 1. The number of benzene rings is 1. The Hall–Kier alpha value is -1.54. The van der Waals surface area contributed by atoms with Gasteiger partial charge in [-0.2, -0.15) is 5.26 Å². The number of hydrogen-bond acceptors (Lipinski definition) is 3. The van der Waals surface area contributed by atoms with Crippen molar-refractivity contribution in [2.75, 3.05) is 18.4 Å². The van der Waals surface area contributed by atoms with Crippen LogP contribution in [0.2, 0.25) is 0 Å². The Labute approximate surface area is 109 Å². The van der Waals surface area contributed by atoms with Gasteiger partial charge in [0.1, 0.15) is 6.07 Å². The molecule has 0 bridgehead atoms. The van der Waals surface area contributed by atoms with E-state index in [0.717, 1.165) is 10.9 Å². The Morgan fingerprint density at radius 3 is 2.94 bits per heavy atom. The van der Waals surface area contributed by atoms with E-state index in [4.69, 9.17) is 5.26 Å². The molecule has 0 aliphatic carbocycles. The second-order valence-electron chi connectivity index (χ2n) is 3.48. The lowest BCUT2D eigenvalue weighted by Gasteiger charge is -2.09. The van der Waals surface area contributed by atoms with Crippen molar-refractivity contribution < 1.29 is 4.79 Å². The highest BCUT2D eigenvalue weighted by atomic mass is 79.9. The van der Waals surface area contributed by atoms with E-state index in [0.29, 0.717) is 17.8 Å². The maximum Gasteiger partial charge on any atom is 0.239 e. The summed E-state index contributed by atoms with van der Waals surface area (Å²) in [5, 5.41) is 14.7. The first-order chi connectivity index (χ1) is 8.19. The zero-order chi connectivity index (χ0) is 12.7. The molecule has 0 aliphatic rings. The van der Waals surface area contributed by atoms with Gasteiger partial charge in [-0.05, 0) is 34.5 Å². The number of rotatable bonds is 5. The lowest BCUT2D eigenvalue weighted by molar-refractivity contribution is -0.119. The number of halogens is 1. The Bertz CT molecular complexity index is 440. The van der Waals surface area contributed by atoms with Crippen LogP contribution in [0.4, 0.5) is 5.69 Å². The molecule has 1 rings (SSSR count). The summed E-state index contributed by atoms with van der Waals surface area (Å²) in [4.78, 5) is 11.4. The molecule has 5 heteroatoms. The van der Waals surface area contributed by atoms with Crippen LogP contribution in [-0.2, 0) is 4.79 Å². The standard InChI is InChI=1S/C12H14BrN3O/c1-2-6-15-12(17)8-16-11-5-3-4-10(13)9(11)7-14/h3-5,16H,2,6,8H2,1H3,(H,15,17). The van der Waals surface area contributed by atoms with Gasteiger partial charge >= 0.3 is 0 Å². The van der Waals surface area contributed by atoms with Crippen molar-refractivity contribution in [2.45, 2.75) is 13.3 Å². The molecule has 17 heavy (non-hydrogen) atoms. The first-order valence-corrected chi connectivity index (χ1v) is 6.17. The molecule has 0 fully saturated rings.